The van der Waals surface area contributed by atoms with Crippen LogP contribution < -0.4 is 0 Å². The molecule has 3 saturated carbocycles. The van der Waals surface area contributed by atoms with Crippen molar-refractivity contribution < 1.29 is 19.0 Å². The first-order valence-corrected chi connectivity index (χ1v) is 14.7. The standard InChI is InChI=1S/C11H18O.C10H16O2.C10H16O/c1-8-7-10-5-3-4-6-11(10)12-9(8)2;1-7-6-10(11)12-9-5-3-2-4-8(7)9;1-7-6-9-4-3-5-10(9)11-8(7)2/h8,10-11H,2-7H2,1H3;7-9H,2-6H2,1H3;7,9-10H,2-6H2,1H3. The first-order chi connectivity index (χ1) is 16.8. The van der Waals surface area contributed by atoms with E-state index in [4.69, 9.17) is 14.2 Å². The fraction of sp³-hybridized carbons (Fsp3) is 0.839. The van der Waals surface area contributed by atoms with Crippen molar-refractivity contribution in [3.05, 3.63) is 24.7 Å². The van der Waals surface area contributed by atoms with E-state index in [9.17, 15) is 4.79 Å². The van der Waals surface area contributed by atoms with Gasteiger partial charge in [-0.2, -0.15) is 0 Å². The molecular formula is C31H50O4. The molecular weight excluding hydrogens is 436 g/mol. The van der Waals surface area contributed by atoms with E-state index in [1.807, 2.05) is 0 Å². The van der Waals surface area contributed by atoms with Crippen LogP contribution in [0.5, 0.6) is 0 Å². The van der Waals surface area contributed by atoms with E-state index in [-0.39, 0.29) is 12.1 Å². The molecule has 3 heterocycles. The molecule has 4 nitrogen and oxygen atoms in total. The van der Waals surface area contributed by atoms with Crippen molar-refractivity contribution in [2.24, 2.45) is 35.5 Å². The molecule has 4 heteroatoms. The molecule has 3 aliphatic carbocycles. The predicted molar refractivity (Wildman–Crippen MR) is 141 cm³/mol. The Balaban J connectivity index is 0.000000124. The van der Waals surface area contributed by atoms with Gasteiger partial charge in [-0.25, -0.2) is 0 Å². The minimum absolute atomic E-state index is 0.0191. The van der Waals surface area contributed by atoms with Gasteiger partial charge in [0.2, 0.25) is 0 Å². The van der Waals surface area contributed by atoms with E-state index < -0.39 is 0 Å². The van der Waals surface area contributed by atoms with Crippen molar-refractivity contribution in [2.45, 2.75) is 129 Å². The fourth-order valence-corrected chi connectivity index (χ4v) is 7.37. The first kappa shape index (κ1) is 26.6. The summed E-state index contributed by atoms with van der Waals surface area (Å²) < 4.78 is 16.9. The topological polar surface area (TPSA) is 44.8 Å². The summed E-state index contributed by atoms with van der Waals surface area (Å²) in [4.78, 5) is 11.1. The Morgan fingerprint density at radius 3 is 1.74 bits per heavy atom. The Kier molecular flexibility index (Phi) is 9.27. The van der Waals surface area contributed by atoms with Gasteiger partial charge in [-0.15, -0.1) is 0 Å². The molecule has 3 aliphatic heterocycles. The largest absolute Gasteiger partial charge is 0.495 e. The van der Waals surface area contributed by atoms with Crippen LogP contribution in [0.1, 0.15) is 111 Å². The zero-order valence-corrected chi connectivity index (χ0v) is 22.6. The van der Waals surface area contributed by atoms with Gasteiger partial charge in [0.25, 0.3) is 0 Å². The second kappa shape index (κ2) is 12.2. The average molecular weight is 487 g/mol. The van der Waals surface area contributed by atoms with Crippen LogP contribution in [0.4, 0.5) is 0 Å². The molecule has 0 radical (unpaired) electrons. The molecule has 0 aromatic heterocycles. The molecule has 35 heavy (non-hydrogen) atoms. The van der Waals surface area contributed by atoms with Crippen LogP contribution in [0.3, 0.4) is 0 Å². The molecule has 0 amide bonds. The van der Waals surface area contributed by atoms with Gasteiger partial charge in [-0.05, 0) is 94.3 Å². The monoisotopic (exact) mass is 486 g/mol. The number of carbonyl (C=O) groups is 1. The predicted octanol–water partition coefficient (Wildman–Crippen LogP) is 7.97. The SMILES string of the molecule is C=C1OC2CCCC2CC1C.C=C1OC2CCCCC2CC1C.CC1CC(=O)OC2CCCCC12. The minimum atomic E-state index is 0.0191. The van der Waals surface area contributed by atoms with Gasteiger partial charge in [0.15, 0.2) is 0 Å². The summed E-state index contributed by atoms with van der Waals surface area (Å²) in [6, 6.07) is 0. The Morgan fingerprint density at radius 2 is 1.11 bits per heavy atom. The van der Waals surface area contributed by atoms with Gasteiger partial charge in [0.1, 0.15) is 18.3 Å². The van der Waals surface area contributed by atoms with Gasteiger partial charge >= 0.3 is 5.97 Å². The summed E-state index contributed by atoms with van der Waals surface area (Å²) in [6.45, 7) is 14.5. The molecule has 9 unspecified atom stereocenters. The van der Waals surface area contributed by atoms with Crippen LogP contribution in [-0.2, 0) is 19.0 Å². The highest BCUT2D eigenvalue weighted by molar-refractivity contribution is 5.70. The van der Waals surface area contributed by atoms with Crippen LogP contribution in [0, 0.1) is 35.5 Å². The number of hydrogen-bond acceptors (Lipinski definition) is 4. The Hall–Kier alpha value is -1.45. The van der Waals surface area contributed by atoms with Crippen LogP contribution in [0.2, 0.25) is 0 Å². The highest BCUT2D eigenvalue weighted by Gasteiger charge is 2.38. The lowest BCUT2D eigenvalue weighted by Gasteiger charge is -2.39. The van der Waals surface area contributed by atoms with Crippen LogP contribution in [-0.4, -0.2) is 24.3 Å². The van der Waals surface area contributed by atoms with Gasteiger partial charge in [-0.1, -0.05) is 46.8 Å². The first-order valence-electron chi connectivity index (χ1n) is 14.7. The van der Waals surface area contributed by atoms with E-state index in [2.05, 4.69) is 33.9 Å². The molecule has 0 spiro atoms. The quantitative estimate of drug-likeness (QED) is 0.326. The molecule has 0 aromatic carbocycles. The molecule has 0 N–H and O–H groups in total. The van der Waals surface area contributed by atoms with E-state index >= 15 is 0 Å². The van der Waals surface area contributed by atoms with Crippen molar-refractivity contribution >= 4 is 5.97 Å². The number of hydrogen-bond donors (Lipinski definition) is 0. The minimum Gasteiger partial charge on any atom is -0.495 e. The third-order valence-electron chi connectivity index (χ3n) is 9.70. The maximum atomic E-state index is 11.1. The van der Waals surface area contributed by atoms with E-state index in [1.54, 1.807) is 0 Å². The lowest BCUT2D eigenvalue weighted by molar-refractivity contribution is -0.165. The van der Waals surface area contributed by atoms with Crippen LogP contribution >= 0.6 is 0 Å². The lowest BCUT2D eigenvalue weighted by atomic mass is 9.76. The molecule has 0 bridgehead atoms. The van der Waals surface area contributed by atoms with Crippen molar-refractivity contribution in [3.8, 4) is 0 Å². The number of allylic oxidation sites excluding steroid dienone is 2. The summed E-state index contributed by atoms with van der Waals surface area (Å²) in [7, 11) is 0. The van der Waals surface area contributed by atoms with E-state index in [0.717, 1.165) is 29.8 Å². The number of esters is 1. The zero-order valence-electron chi connectivity index (χ0n) is 22.6. The molecule has 9 atom stereocenters. The van der Waals surface area contributed by atoms with Crippen LogP contribution in [0.25, 0.3) is 0 Å². The van der Waals surface area contributed by atoms with Crippen molar-refractivity contribution in [1.29, 1.82) is 0 Å². The number of ether oxygens (including phenoxy) is 3. The fourth-order valence-electron chi connectivity index (χ4n) is 7.37. The van der Waals surface area contributed by atoms with Crippen molar-refractivity contribution in [1.82, 2.24) is 0 Å². The van der Waals surface area contributed by atoms with Gasteiger partial charge in [0, 0.05) is 18.3 Å². The third-order valence-corrected chi connectivity index (χ3v) is 9.70. The maximum Gasteiger partial charge on any atom is 0.306 e. The summed E-state index contributed by atoms with van der Waals surface area (Å²) in [5.74, 6) is 6.14. The average Bonchev–Trinajstić information content (AvgIpc) is 3.28. The molecule has 0 aromatic rings. The van der Waals surface area contributed by atoms with Gasteiger partial charge < -0.3 is 14.2 Å². The van der Waals surface area contributed by atoms with E-state index in [1.165, 1.54) is 77.0 Å². The maximum absolute atomic E-state index is 11.1. The highest BCUT2D eigenvalue weighted by Crippen LogP contribution is 2.41. The van der Waals surface area contributed by atoms with Gasteiger partial charge in [-0.3, -0.25) is 4.79 Å². The Bertz CT molecular complexity index is 744. The zero-order chi connectivity index (χ0) is 24.9. The summed E-state index contributed by atoms with van der Waals surface area (Å²) in [5, 5.41) is 0. The number of carbonyl (C=O) groups excluding carboxylic acids is 1. The second-order valence-corrected chi connectivity index (χ2v) is 12.4. The van der Waals surface area contributed by atoms with E-state index in [0.29, 0.717) is 42.3 Å². The third kappa shape index (κ3) is 6.86. The summed E-state index contributed by atoms with van der Waals surface area (Å²) in [6.07, 6.45) is 18.9. The number of rotatable bonds is 0. The smallest absolute Gasteiger partial charge is 0.306 e. The second-order valence-electron chi connectivity index (χ2n) is 12.4. The molecule has 6 rings (SSSR count). The Labute approximate surface area is 214 Å². The molecule has 6 aliphatic rings. The van der Waals surface area contributed by atoms with Crippen molar-refractivity contribution in [3.63, 3.8) is 0 Å². The van der Waals surface area contributed by atoms with Crippen molar-refractivity contribution in [2.75, 3.05) is 0 Å². The lowest BCUT2D eigenvalue weighted by Crippen LogP contribution is -2.39. The van der Waals surface area contributed by atoms with Crippen LogP contribution in [0.15, 0.2) is 24.7 Å². The molecule has 3 saturated heterocycles. The summed E-state index contributed by atoms with van der Waals surface area (Å²) >= 11 is 0. The normalized spacial score (nSPS) is 42.3. The molecule has 6 fully saturated rings. The molecule has 198 valence electrons. The Morgan fingerprint density at radius 1 is 0.629 bits per heavy atom. The van der Waals surface area contributed by atoms with Gasteiger partial charge in [0.05, 0.1) is 11.5 Å². The highest BCUT2D eigenvalue weighted by atomic mass is 16.5. The summed E-state index contributed by atoms with van der Waals surface area (Å²) in [5.41, 5.74) is 0. The number of fused-ring (bicyclic) bond motifs is 3.